The van der Waals surface area contributed by atoms with E-state index in [-0.39, 0.29) is 12.2 Å². The predicted molar refractivity (Wildman–Crippen MR) is 80.3 cm³/mol. The van der Waals surface area contributed by atoms with Crippen molar-refractivity contribution in [2.24, 2.45) is 0 Å². The van der Waals surface area contributed by atoms with Crippen molar-refractivity contribution in [2.75, 3.05) is 13.2 Å². The Morgan fingerprint density at radius 3 is 2.33 bits per heavy atom. The lowest BCUT2D eigenvalue weighted by atomic mass is 10.1. The maximum atomic E-state index is 11.1. The highest BCUT2D eigenvalue weighted by Gasteiger charge is 2.11. The van der Waals surface area contributed by atoms with Crippen molar-refractivity contribution < 1.29 is 19.4 Å². The van der Waals surface area contributed by atoms with E-state index in [4.69, 9.17) is 14.6 Å². The number of para-hydroxylation sites is 1. The molecule has 21 heavy (non-hydrogen) atoms. The lowest BCUT2D eigenvalue weighted by Gasteiger charge is -2.12. The van der Waals surface area contributed by atoms with E-state index >= 15 is 0 Å². The fraction of sp³-hybridized carbons (Fsp3) is 0.235. The minimum absolute atomic E-state index is 0.163. The van der Waals surface area contributed by atoms with Crippen LogP contribution in [0.15, 0.2) is 42.5 Å². The van der Waals surface area contributed by atoms with Crippen molar-refractivity contribution in [1.29, 1.82) is 0 Å². The largest absolute Gasteiger partial charge is 0.490 e. The number of aryl methyl sites for hydroxylation is 2. The number of aromatic carboxylic acids is 1. The zero-order valence-electron chi connectivity index (χ0n) is 12.1. The monoisotopic (exact) mass is 286 g/mol. The molecule has 0 saturated carbocycles. The van der Waals surface area contributed by atoms with Gasteiger partial charge in [-0.25, -0.2) is 4.79 Å². The van der Waals surface area contributed by atoms with E-state index in [1.807, 2.05) is 38.1 Å². The minimum Gasteiger partial charge on any atom is -0.490 e. The smallest absolute Gasteiger partial charge is 0.339 e. The van der Waals surface area contributed by atoms with Gasteiger partial charge >= 0.3 is 5.97 Å². The van der Waals surface area contributed by atoms with Crippen LogP contribution < -0.4 is 9.47 Å². The van der Waals surface area contributed by atoms with Crippen LogP contribution in [0.3, 0.4) is 0 Å². The van der Waals surface area contributed by atoms with Crippen LogP contribution >= 0.6 is 0 Å². The van der Waals surface area contributed by atoms with Crippen molar-refractivity contribution in [3.63, 3.8) is 0 Å². The van der Waals surface area contributed by atoms with E-state index in [1.54, 1.807) is 18.2 Å². The number of ether oxygens (including phenoxy) is 2. The summed E-state index contributed by atoms with van der Waals surface area (Å²) in [4.78, 5) is 11.1. The summed E-state index contributed by atoms with van der Waals surface area (Å²) in [5.41, 5.74) is 2.17. The van der Waals surface area contributed by atoms with Gasteiger partial charge in [0.15, 0.2) is 0 Å². The molecule has 0 aliphatic heterocycles. The van der Waals surface area contributed by atoms with Gasteiger partial charge in [0.1, 0.15) is 30.3 Å². The summed E-state index contributed by atoms with van der Waals surface area (Å²) in [6.07, 6.45) is 0. The van der Waals surface area contributed by atoms with E-state index in [9.17, 15) is 4.79 Å². The molecule has 0 unspecified atom stereocenters. The average Bonchev–Trinajstić information content (AvgIpc) is 2.45. The van der Waals surface area contributed by atoms with Crippen molar-refractivity contribution in [2.45, 2.75) is 13.8 Å². The molecule has 2 aromatic rings. The third-order valence-electron chi connectivity index (χ3n) is 3.06. The normalized spacial score (nSPS) is 10.2. The highest BCUT2D eigenvalue weighted by Crippen LogP contribution is 2.21. The molecule has 2 aromatic carbocycles. The molecule has 110 valence electrons. The maximum Gasteiger partial charge on any atom is 0.339 e. The first-order valence-corrected chi connectivity index (χ1v) is 6.73. The fourth-order valence-corrected chi connectivity index (χ4v) is 1.95. The standard InChI is InChI=1S/C17H18O4/c1-12-7-8-14(17(18)19)16(11-12)21-10-9-20-15-6-4-3-5-13(15)2/h3-8,11H,9-10H2,1-2H3,(H,18,19). The molecular weight excluding hydrogens is 268 g/mol. The first-order valence-electron chi connectivity index (χ1n) is 6.73. The summed E-state index contributed by atoms with van der Waals surface area (Å²) in [6.45, 7) is 4.51. The van der Waals surface area contributed by atoms with Gasteiger partial charge in [-0.1, -0.05) is 24.3 Å². The van der Waals surface area contributed by atoms with Gasteiger partial charge in [0.2, 0.25) is 0 Å². The molecule has 0 atom stereocenters. The van der Waals surface area contributed by atoms with E-state index in [0.717, 1.165) is 16.9 Å². The van der Waals surface area contributed by atoms with Crippen LogP contribution in [0.5, 0.6) is 11.5 Å². The summed E-state index contributed by atoms with van der Waals surface area (Å²) in [5.74, 6) is 0.185. The number of carboxylic acid groups (broad SMARTS) is 1. The molecule has 1 N–H and O–H groups in total. The van der Waals surface area contributed by atoms with Gasteiger partial charge in [-0.15, -0.1) is 0 Å². The van der Waals surface area contributed by atoms with Gasteiger partial charge < -0.3 is 14.6 Å². The van der Waals surface area contributed by atoms with Crippen molar-refractivity contribution >= 4 is 5.97 Å². The average molecular weight is 286 g/mol. The topological polar surface area (TPSA) is 55.8 Å². The highest BCUT2D eigenvalue weighted by atomic mass is 16.5. The Kier molecular flexibility index (Phi) is 4.82. The molecule has 0 bridgehead atoms. The predicted octanol–water partition coefficient (Wildman–Crippen LogP) is 3.46. The Hall–Kier alpha value is -2.49. The molecule has 0 aliphatic carbocycles. The third kappa shape index (κ3) is 3.99. The SMILES string of the molecule is Cc1ccc(C(=O)O)c(OCCOc2ccccc2C)c1. The number of carboxylic acids is 1. The van der Waals surface area contributed by atoms with Crippen molar-refractivity contribution in [3.05, 3.63) is 59.2 Å². The van der Waals surface area contributed by atoms with E-state index in [2.05, 4.69) is 0 Å². The second-order valence-electron chi connectivity index (χ2n) is 4.77. The van der Waals surface area contributed by atoms with Gasteiger partial charge in [0, 0.05) is 0 Å². The van der Waals surface area contributed by atoms with E-state index in [1.165, 1.54) is 0 Å². The van der Waals surface area contributed by atoms with Crippen LogP contribution in [0.25, 0.3) is 0 Å². The molecule has 0 amide bonds. The van der Waals surface area contributed by atoms with Crippen LogP contribution in [0.1, 0.15) is 21.5 Å². The van der Waals surface area contributed by atoms with Gasteiger partial charge in [0.25, 0.3) is 0 Å². The second kappa shape index (κ2) is 6.79. The molecule has 4 heteroatoms. The lowest BCUT2D eigenvalue weighted by Crippen LogP contribution is -2.11. The summed E-state index contributed by atoms with van der Waals surface area (Å²) in [5, 5.41) is 9.12. The molecule has 0 saturated heterocycles. The van der Waals surface area contributed by atoms with Crippen LogP contribution in [-0.4, -0.2) is 24.3 Å². The third-order valence-corrected chi connectivity index (χ3v) is 3.06. The zero-order valence-corrected chi connectivity index (χ0v) is 12.1. The number of hydrogen-bond donors (Lipinski definition) is 1. The first-order chi connectivity index (χ1) is 10.1. The van der Waals surface area contributed by atoms with E-state index < -0.39 is 5.97 Å². The maximum absolute atomic E-state index is 11.1. The van der Waals surface area contributed by atoms with Gasteiger partial charge in [-0.2, -0.15) is 0 Å². The van der Waals surface area contributed by atoms with Gasteiger partial charge in [-0.05, 0) is 43.2 Å². The molecule has 0 fully saturated rings. The Morgan fingerprint density at radius 1 is 1.00 bits per heavy atom. The zero-order chi connectivity index (χ0) is 15.2. The summed E-state index contributed by atoms with van der Waals surface area (Å²) < 4.78 is 11.2. The number of hydrogen-bond acceptors (Lipinski definition) is 3. The lowest BCUT2D eigenvalue weighted by molar-refractivity contribution is 0.0691. The number of rotatable bonds is 6. The molecular formula is C17H18O4. The molecule has 4 nitrogen and oxygen atoms in total. The molecule has 0 heterocycles. The molecule has 0 aromatic heterocycles. The molecule has 0 aliphatic rings. The second-order valence-corrected chi connectivity index (χ2v) is 4.77. The Balaban J connectivity index is 1.93. The minimum atomic E-state index is -0.996. The molecule has 0 radical (unpaired) electrons. The van der Waals surface area contributed by atoms with Crippen molar-refractivity contribution in [1.82, 2.24) is 0 Å². The molecule has 0 spiro atoms. The Morgan fingerprint density at radius 2 is 1.67 bits per heavy atom. The summed E-state index contributed by atoms with van der Waals surface area (Å²) >= 11 is 0. The fourth-order valence-electron chi connectivity index (χ4n) is 1.95. The summed E-state index contributed by atoms with van der Waals surface area (Å²) in [7, 11) is 0. The van der Waals surface area contributed by atoms with Crippen LogP contribution in [0, 0.1) is 13.8 Å². The van der Waals surface area contributed by atoms with Crippen LogP contribution in [-0.2, 0) is 0 Å². The quantitative estimate of drug-likeness (QED) is 0.826. The van der Waals surface area contributed by atoms with Crippen LogP contribution in [0.4, 0.5) is 0 Å². The number of benzene rings is 2. The molecule has 2 rings (SSSR count). The van der Waals surface area contributed by atoms with E-state index in [0.29, 0.717) is 12.4 Å². The Labute approximate surface area is 123 Å². The van der Waals surface area contributed by atoms with Gasteiger partial charge in [-0.3, -0.25) is 0 Å². The van der Waals surface area contributed by atoms with Gasteiger partial charge in [0.05, 0.1) is 0 Å². The number of carbonyl (C=O) groups is 1. The highest BCUT2D eigenvalue weighted by molar-refractivity contribution is 5.90. The van der Waals surface area contributed by atoms with Crippen LogP contribution in [0.2, 0.25) is 0 Å². The first kappa shape index (κ1) is 14.9. The summed E-state index contributed by atoms with van der Waals surface area (Å²) in [6, 6.07) is 12.7. The Bertz CT molecular complexity index is 634. The van der Waals surface area contributed by atoms with Crippen molar-refractivity contribution in [3.8, 4) is 11.5 Å².